The first-order valence-corrected chi connectivity index (χ1v) is 7.61. The molecule has 0 aliphatic carbocycles. The molecule has 24 heavy (non-hydrogen) atoms. The van der Waals surface area contributed by atoms with Crippen molar-refractivity contribution in [3.05, 3.63) is 29.8 Å². The topological polar surface area (TPSA) is 70.1 Å². The molecule has 132 valence electrons. The second-order valence-electron chi connectivity index (χ2n) is 5.74. The number of ether oxygens (including phenoxy) is 1. The highest BCUT2D eigenvalue weighted by atomic mass is 19.3. The van der Waals surface area contributed by atoms with E-state index >= 15 is 0 Å². The van der Waals surface area contributed by atoms with Crippen molar-refractivity contribution in [2.45, 2.75) is 32.0 Å². The summed E-state index contributed by atoms with van der Waals surface area (Å²) in [5, 5.41) is 9.13. The van der Waals surface area contributed by atoms with Gasteiger partial charge in [0.05, 0.1) is 6.54 Å². The van der Waals surface area contributed by atoms with Gasteiger partial charge < -0.3 is 14.7 Å². The van der Waals surface area contributed by atoms with Crippen LogP contribution in [0.4, 0.5) is 8.78 Å². The van der Waals surface area contributed by atoms with E-state index in [1.807, 2.05) is 0 Å². The highest BCUT2D eigenvalue weighted by Gasteiger charge is 2.32. The summed E-state index contributed by atoms with van der Waals surface area (Å²) in [4.78, 5) is 26.5. The number of nitrogens with zero attached hydrogens (tertiary/aromatic N) is 2. The van der Waals surface area contributed by atoms with Crippen molar-refractivity contribution in [3.8, 4) is 5.75 Å². The predicted molar refractivity (Wildman–Crippen MR) is 81.8 cm³/mol. The Balaban J connectivity index is 1.88. The van der Waals surface area contributed by atoms with Crippen LogP contribution in [0, 0.1) is 0 Å². The standard InChI is InChI=1S/C16H20F2N2O4/c1-19(9-11-4-6-12(7-5-11)24-16(17)18)14(21)10-20-8-2-3-13(20)15(22)23/h4-7,13,16H,2-3,8-10H2,1H3,(H,22,23). The summed E-state index contributed by atoms with van der Waals surface area (Å²) in [6.07, 6.45) is 1.32. The molecule has 1 fully saturated rings. The Bertz CT molecular complexity index is 580. The third-order valence-electron chi connectivity index (χ3n) is 3.98. The van der Waals surface area contributed by atoms with Crippen molar-refractivity contribution in [2.24, 2.45) is 0 Å². The van der Waals surface area contributed by atoms with Gasteiger partial charge in [-0.3, -0.25) is 14.5 Å². The van der Waals surface area contributed by atoms with Gasteiger partial charge >= 0.3 is 12.6 Å². The fraction of sp³-hybridized carbons (Fsp3) is 0.500. The Hall–Kier alpha value is -2.22. The van der Waals surface area contributed by atoms with E-state index in [0.717, 1.165) is 12.0 Å². The number of alkyl halides is 2. The molecule has 2 rings (SSSR count). The Morgan fingerprint density at radius 1 is 1.38 bits per heavy atom. The maximum atomic E-state index is 12.3. The van der Waals surface area contributed by atoms with Gasteiger partial charge in [-0.25, -0.2) is 0 Å². The molecule has 1 aliphatic heterocycles. The number of aliphatic carboxylic acids is 1. The summed E-state index contributed by atoms with van der Waals surface area (Å²) in [5.41, 5.74) is 0.767. The first-order valence-electron chi connectivity index (χ1n) is 7.61. The summed E-state index contributed by atoms with van der Waals surface area (Å²) < 4.78 is 28.5. The number of benzene rings is 1. The van der Waals surface area contributed by atoms with Gasteiger partial charge in [0.15, 0.2) is 0 Å². The summed E-state index contributed by atoms with van der Waals surface area (Å²) in [6, 6.07) is 5.45. The summed E-state index contributed by atoms with van der Waals surface area (Å²) in [6.45, 7) is -1.92. The highest BCUT2D eigenvalue weighted by molar-refractivity contribution is 5.80. The van der Waals surface area contributed by atoms with Crippen molar-refractivity contribution in [2.75, 3.05) is 20.1 Å². The molecule has 1 heterocycles. The average molecular weight is 342 g/mol. The quantitative estimate of drug-likeness (QED) is 0.818. The number of likely N-dealkylation sites (N-methyl/N-ethyl adjacent to an activating group) is 1. The zero-order valence-electron chi connectivity index (χ0n) is 13.3. The molecule has 1 aromatic rings. The number of hydrogen-bond donors (Lipinski definition) is 1. The second-order valence-corrected chi connectivity index (χ2v) is 5.74. The van der Waals surface area contributed by atoms with Crippen LogP contribution in [0.5, 0.6) is 5.75 Å². The Labute approximate surface area is 138 Å². The first kappa shape index (κ1) is 18.1. The van der Waals surface area contributed by atoms with E-state index in [-0.39, 0.29) is 18.2 Å². The fourth-order valence-electron chi connectivity index (χ4n) is 2.73. The van der Waals surface area contributed by atoms with E-state index in [9.17, 15) is 18.4 Å². The fourth-order valence-corrected chi connectivity index (χ4v) is 2.73. The van der Waals surface area contributed by atoms with Crippen molar-refractivity contribution in [1.82, 2.24) is 9.80 Å². The number of likely N-dealkylation sites (tertiary alicyclic amines) is 1. The normalized spacial score (nSPS) is 17.9. The lowest BCUT2D eigenvalue weighted by Crippen LogP contribution is -2.43. The van der Waals surface area contributed by atoms with Crippen LogP contribution in [0.1, 0.15) is 18.4 Å². The lowest BCUT2D eigenvalue weighted by atomic mass is 10.2. The molecule has 0 aromatic heterocycles. The lowest BCUT2D eigenvalue weighted by molar-refractivity contribution is -0.143. The second kappa shape index (κ2) is 8.05. The summed E-state index contributed by atoms with van der Waals surface area (Å²) in [7, 11) is 1.62. The van der Waals surface area contributed by atoms with Gasteiger partial charge in [-0.1, -0.05) is 12.1 Å². The van der Waals surface area contributed by atoms with E-state index < -0.39 is 18.6 Å². The first-order chi connectivity index (χ1) is 11.4. The summed E-state index contributed by atoms with van der Waals surface area (Å²) >= 11 is 0. The Morgan fingerprint density at radius 3 is 2.62 bits per heavy atom. The third kappa shape index (κ3) is 4.89. The minimum Gasteiger partial charge on any atom is -0.480 e. The van der Waals surface area contributed by atoms with Crippen molar-refractivity contribution in [3.63, 3.8) is 0 Å². The van der Waals surface area contributed by atoms with Crippen LogP contribution in [0.15, 0.2) is 24.3 Å². The lowest BCUT2D eigenvalue weighted by Gasteiger charge is -2.24. The highest BCUT2D eigenvalue weighted by Crippen LogP contribution is 2.18. The molecule has 1 aromatic carbocycles. The molecule has 1 atom stereocenters. The molecule has 1 aliphatic rings. The molecule has 1 unspecified atom stereocenters. The minimum absolute atomic E-state index is 0.0556. The number of carbonyl (C=O) groups is 2. The molecule has 0 radical (unpaired) electrons. The molecular formula is C16H20F2N2O4. The van der Waals surface area contributed by atoms with E-state index in [1.54, 1.807) is 24.1 Å². The third-order valence-corrected chi connectivity index (χ3v) is 3.98. The number of rotatable bonds is 7. The Morgan fingerprint density at radius 2 is 2.04 bits per heavy atom. The maximum Gasteiger partial charge on any atom is 0.387 e. The van der Waals surface area contributed by atoms with Gasteiger partial charge in [0.2, 0.25) is 5.91 Å². The van der Waals surface area contributed by atoms with Crippen LogP contribution in [-0.2, 0) is 16.1 Å². The van der Waals surface area contributed by atoms with E-state index in [4.69, 9.17) is 5.11 Å². The SMILES string of the molecule is CN(Cc1ccc(OC(F)F)cc1)C(=O)CN1CCCC1C(=O)O. The van der Waals surface area contributed by atoms with Gasteiger partial charge in [-0.2, -0.15) is 8.78 Å². The summed E-state index contributed by atoms with van der Waals surface area (Å²) in [5.74, 6) is -1.03. The van der Waals surface area contributed by atoms with E-state index in [2.05, 4.69) is 4.74 Å². The molecule has 1 amide bonds. The van der Waals surface area contributed by atoms with Gasteiger partial charge in [0, 0.05) is 13.6 Å². The van der Waals surface area contributed by atoms with Crippen LogP contribution < -0.4 is 4.74 Å². The molecule has 6 nitrogen and oxygen atoms in total. The van der Waals surface area contributed by atoms with Crippen LogP contribution in [0.3, 0.4) is 0 Å². The maximum absolute atomic E-state index is 12.3. The monoisotopic (exact) mass is 342 g/mol. The van der Waals surface area contributed by atoms with Crippen LogP contribution in [-0.4, -0.2) is 59.6 Å². The van der Waals surface area contributed by atoms with Crippen LogP contribution >= 0.6 is 0 Å². The van der Waals surface area contributed by atoms with Gasteiger partial charge in [-0.05, 0) is 37.1 Å². The molecular weight excluding hydrogens is 322 g/mol. The minimum atomic E-state index is -2.87. The number of carboxylic acid groups (broad SMARTS) is 1. The number of halogens is 2. The van der Waals surface area contributed by atoms with Crippen LogP contribution in [0.25, 0.3) is 0 Å². The smallest absolute Gasteiger partial charge is 0.387 e. The number of carboxylic acids is 1. The van der Waals surface area contributed by atoms with E-state index in [1.165, 1.54) is 17.0 Å². The molecule has 8 heteroatoms. The largest absolute Gasteiger partial charge is 0.480 e. The number of hydrogen-bond acceptors (Lipinski definition) is 4. The predicted octanol–water partition coefficient (Wildman–Crippen LogP) is 1.80. The molecule has 1 N–H and O–H groups in total. The Kier molecular flexibility index (Phi) is 6.08. The van der Waals surface area contributed by atoms with Crippen LogP contribution in [0.2, 0.25) is 0 Å². The number of carbonyl (C=O) groups excluding carboxylic acids is 1. The number of amides is 1. The van der Waals surface area contributed by atoms with Gasteiger partial charge in [0.25, 0.3) is 0 Å². The van der Waals surface area contributed by atoms with Crippen molar-refractivity contribution in [1.29, 1.82) is 0 Å². The van der Waals surface area contributed by atoms with Gasteiger partial charge in [0.1, 0.15) is 11.8 Å². The average Bonchev–Trinajstić information content (AvgIpc) is 2.97. The zero-order valence-corrected chi connectivity index (χ0v) is 13.3. The molecule has 0 bridgehead atoms. The molecule has 0 saturated carbocycles. The van der Waals surface area contributed by atoms with Gasteiger partial charge in [-0.15, -0.1) is 0 Å². The zero-order chi connectivity index (χ0) is 17.7. The molecule has 1 saturated heterocycles. The van der Waals surface area contributed by atoms with Crippen molar-refractivity contribution < 1.29 is 28.2 Å². The van der Waals surface area contributed by atoms with Crippen molar-refractivity contribution >= 4 is 11.9 Å². The molecule has 0 spiro atoms. The van der Waals surface area contributed by atoms with E-state index in [0.29, 0.717) is 19.5 Å².